The van der Waals surface area contributed by atoms with E-state index in [4.69, 9.17) is 5.73 Å². The minimum atomic E-state index is -0.438. The Labute approximate surface area is 113 Å². The molecule has 0 aliphatic rings. The second-order valence-electron chi connectivity index (χ2n) is 7.99. The van der Waals surface area contributed by atoms with Crippen molar-refractivity contribution in [1.29, 1.82) is 0 Å². The number of carbonyl (C=O) groups excluding carboxylic acids is 1. The van der Waals surface area contributed by atoms with Crippen LogP contribution in [-0.4, -0.2) is 17.0 Å². The first-order valence-corrected chi connectivity index (χ1v) is 6.87. The van der Waals surface area contributed by atoms with Gasteiger partial charge in [-0.2, -0.15) is 0 Å². The molecule has 0 aromatic heterocycles. The zero-order chi connectivity index (χ0) is 14.8. The molecule has 0 rings (SSSR count). The Morgan fingerprint density at radius 3 is 1.89 bits per heavy atom. The number of amides is 1. The molecule has 0 aliphatic heterocycles. The fourth-order valence-corrected chi connectivity index (χ4v) is 2.77. The number of hydrogen-bond acceptors (Lipinski definition) is 2. The molecule has 0 radical (unpaired) electrons. The normalized spacial score (nSPS) is 13.9. The van der Waals surface area contributed by atoms with Gasteiger partial charge in [0.25, 0.3) is 0 Å². The number of hydrogen-bond donors (Lipinski definition) is 2. The molecule has 0 spiro atoms. The molecule has 3 nitrogen and oxygen atoms in total. The lowest BCUT2D eigenvalue weighted by atomic mass is 9.79. The summed E-state index contributed by atoms with van der Waals surface area (Å²) in [5, 5.41) is 3.16. The van der Waals surface area contributed by atoms with Crippen molar-refractivity contribution in [2.75, 3.05) is 0 Å². The first kappa shape index (κ1) is 17.4. The predicted octanol–water partition coefficient (Wildman–Crippen LogP) is 3.08. The van der Waals surface area contributed by atoms with Crippen LogP contribution in [0.2, 0.25) is 0 Å². The standard InChI is InChI=1S/C15H32N2O/c1-11(2)9-15(7,8)17-12(18)13(3,4)10-14(5,6)16/h11H,9-10,16H2,1-8H3,(H,17,18). The Bertz CT molecular complexity index is 285. The van der Waals surface area contributed by atoms with Gasteiger partial charge in [0.1, 0.15) is 0 Å². The highest BCUT2D eigenvalue weighted by Gasteiger charge is 2.35. The van der Waals surface area contributed by atoms with E-state index in [2.05, 4.69) is 33.0 Å². The molecule has 0 fully saturated rings. The third-order valence-electron chi connectivity index (χ3n) is 2.88. The van der Waals surface area contributed by atoms with Crippen LogP contribution in [0, 0.1) is 11.3 Å². The van der Waals surface area contributed by atoms with Crippen molar-refractivity contribution in [1.82, 2.24) is 5.32 Å². The van der Waals surface area contributed by atoms with Crippen LogP contribution in [0.15, 0.2) is 0 Å². The molecule has 18 heavy (non-hydrogen) atoms. The zero-order valence-electron chi connectivity index (χ0n) is 13.5. The van der Waals surface area contributed by atoms with Crippen LogP contribution in [0.1, 0.15) is 68.2 Å². The Hall–Kier alpha value is -0.570. The number of carbonyl (C=O) groups is 1. The van der Waals surface area contributed by atoms with Crippen LogP contribution in [0.3, 0.4) is 0 Å². The van der Waals surface area contributed by atoms with Gasteiger partial charge in [-0.25, -0.2) is 0 Å². The monoisotopic (exact) mass is 256 g/mol. The predicted molar refractivity (Wildman–Crippen MR) is 78.3 cm³/mol. The summed E-state index contributed by atoms with van der Waals surface area (Å²) in [5.41, 5.74) is 5.09. The first-order chi connectivity index (χ1) is 7.75. The third-order valence-corrected chi connectivity index (χ3v) is 2.88. The van der Waals surface area contributed by atoms with E-state index < -0.39 is 5.41 Å². The second-order valence-corrected chi connectivity index (χ2v) is 7.99. The topological polar surface area (TPSA) is 55.1 Å². The van der Waals surface area contributed by atoms with Crippen molar-refractivity contribution in [2.24, 2.45) is 17.1 Å². The highest BCUT2D eigenvalue weighted by Crippen LogP contribution is 2.28. The van der Waals surface area contributed by atoms with Gasteiger partial charge in [0.15, 0.2) is 0 Å². The van der Waals surface area contributed by atoms with E-state index in [9.17, 15) is 4.79 Å². The maximum Gasteiger partial charge on any atom is 0.226 e. The molecular weight excluding hydrogens is 224 g/mol. The molecule has 3 N–H and O–H groups in total. The van der Waals surface area contributed by atoms with Gasteiger partial charge in [-0.05, 0) is 46.5 Å². The average Bonchev–Trinajstić information content (AvgIpc) is 1.94. The van der Waals surface area contributed by atoms with E-state index >= 15 is 0 Å². The van der Waals surface area contributed by atoms with Crippen molar-refractivity contribution in [3.8, 4) is 0 Å². The van der Waals surface area contributed by atoms with Gasteiger partial charge in [-0.1, -0.05) is 27.7 Å². The maximum atomic E-state index is 12.4. The molecule has 3 heteroatoms. The molecule has 0 atom stereocenters. The van der Waals surface area contributed by atoms with Crippen molar-refractivity contribution in [3.63, 3.8) is 0 Å². The summed E-state index contributed by atoms with van der Waals surface area (Å²) in [5.74, 6) is 0.654. The van der Waals surface area contributed by atoms with Gasteiger partial charge in [0, 0.05) is 16.5 Å². The van der Waals surface area contributed by atoms with Crippen LogP contribution < -0.4 is 11.1 Å². The SMILES string of the molecule is CC(C)CC(C)(C)NC(=O)C(C)(C)CC(C)(C)N. The molecule has 0 aromatic rings. The van der Waals surface area contributed by atoms with Crippen molar-refractivity contribution in [3.05, 3.63) is 0 Å². The van der Waals surface area contributed by atoms with E-state index in [0.29, 0.717) is 12.3 Å². The Morgan fingerprint density at radius 2 is 1.56 bits per heavy atom. The van der Waals surface area contributed by atoms with E-state index in [-0.39, 0.29) is 17.0 Å². The van der Waals surface area contributed by atoms with Crippen LogP contribution in [-0.2, 0) is 4.79 Å². The Morgan fingerprint density at radius 1 is 1.11 bits per heavy atom. The third kappa shape index (κ3) is 7.00. The van der Waals surface area contributed by atoms with Crippen LogP contribution in [0.25, 0.3) is 0 Å². The summed E-state index contributed by atoms with van der Waals surface area (Å²) in [4.78, 5) is 12.4. The van der Waals surface area contributed by atoms with Crippen molar-refractivity contribution < 1.29 is 4.79 Å². The maximum absolute atomic E-state index is 12.4. The average molecular weight is 256 g/mol. The Balaban J connectivity index is 4.66. The fourth-order valence-electron chi connectivity index (χ4n) is 2.77. The summed E-state index contributed by atoms with van der Waals surface area (Å²) in [6.07, 6.45) is 1.64. The first-order valence-electron chi connectivity index (χ1n) is 6.87. The summed E-state index contributed by atoms with van der Waals surface area (Å²) >= 11 is 0. The van der Waals surface area contributed by atoms with Gasteiger partial charge >= 0.3 is 0 Å². The summed E-state index contributed by atoms with van der Waals surface area (Å²) in [6.45, 7) is 16.3. The van der Waals surface area contributed by atoms with Crippen LogP contribution >= 0.6 is 0 Å². The van der Waals surface area contributed by atoms with Crippen molar-refractivity contribution in [2.45, 2.75) is 79.3 Å². The van der Waals surface area contributed by atoms with E-state index in [1.54, 1.807) is 0 Å². The summed E-state index contributed by atoms with van der Waals surface area (Å²) < 4.78 is 0. The quantitative estimate of drug-likeness (QED) is 0.767. The summed E-state index contributed by atoms with van der Waals surface area (Å²) in [6, 6.07) is 0. The van der Waals surface area contributed by atoms with E-state index in [1.165, 1.54) is 0 Å². The van der Waals surface area contributed by atoms with Crippen LogP contribution in [0.5, 0.6) is 0 Å². The number of rotatable bonds is 6. The minimum absolute atomic E-state index is 0.0895. The molecule has 0 aromatic carbocycles. The summed E-state index contributed by atoms with van der Waals surface area (Å²) in [7, 11) is 0. The lowest BCUT2D eigenvalue weighted by Gasteiger charge is -2.36. The number of nitrogens with one attached hydrogen (secondary N) is 1. The Kier molecular flexibility index (Phi) is 5.42. The molecule has 108 valence electrons. The molecule has 0 aliphatic carbocycles. The second kappa shape index (κ2) is 5.60. The molecule has 0 heterocycles. The van der Waals surface area contributed by atoms with Crippen molar-refractivity contribution >= 4 is 5.91 Å². The highest BCUT2D eigenvalue weighted by atomic mass is 16.2. The van der Waals surface area contributed by atoms with E-state index in [0.717, 1.165) is 6.42 Å². The smallest absolute Gasteiger partial charge is 0.226 e. The molecule has 0 saturated heterocycles. The van der Waals surface area contributed by atoms with Gasteiger partial charge < -0.3 is 11.1 Å². The minimum Gasteiger partial charge on any atom is -0.351 e. The fraction of sp³-hybridized carbons (Fsp3) is 0.933. The van der Waals surface area contributed by atoms with Gasteiger partial charge in [0.05, 0.1) is 0 Å². The van der Waals surface area contributed by atoms with Gasteiger partial charge in [-0.3, -0.25) is 4.79 Å². The largest absolute Gasteiger partial charge is 0.351 e. The molecule has 0 saturated carbocycles. The van der Waals surface area contributed by atoms with Crippen LogP contribution in [0.4, 0.5) is 0 Å². The van der Waals surface area contributed by atoms with Gasteiger partial charge in [-0.15, -0.1) is 0 Å². The lowest BCUT2D eigenvalue weighted by Crippen LogP contribution is -2.52. The molecular formula is C15H32N2O. The molecule has 1 amide bonds. The zero-order valence-corrected chi connectivity index (χ0v) is 13.5. The highest BCUT2D eigenvalue weighted by molar-refractivity contribution is 5.82. The van der Waals surface area contributed by atoms with E-state index in [1.807, 2.05) is 27.7 Å². The number of nitrogens with two attached hydrogens (primary N) is 1. The molecule has 0 bridgehead atoms. The van der Waals surface area contributed by atoms with Gasteiger partial charge in [0.2, 0.25) is 5.91 Å². The lowest BCUT2D eigenvalue weighted by molar-refractivity contribution is -0.132. The molecule has 0 unspecified atom stereocenters.